The maximum Gasteiger partial charge on any atom is 0.192 e. The molecule has 0 N–H and O–H groups in total. The van der Waals surface area contributed by atoms with Gasteiger partial charge in [-0.15, -0.1) is 11.8 Å². The highest BCUT2D eigenvalue weighted by Gasteiger charge is 2.37. The summed E-state index contributed by atoms with van der Waals surface area (Å²) in [5.41, 5.74) is 0. The standard InChI is InChI=1S/C14H30OSSi/c1-12(10-11-16-13(2,3)4)15-17(8,9)14(5,6)7/h10-12H,1-9H3/b11-10+. The van der Waals surface area contributed by atoms with E-state index in [1.165, 1.54) is 0 Å². The van der Waals surface area contributed by atoms with Crippen LogP contribution in [0.25, 0.3) is 0 Å². The Labute approximate surface area is 114 Å². The van der Waals surface area contributed by atoms with E-state index >= 15 is 0 Å². The lowest BCUT2D eigenvalue weighted by atomic mass is 10.2. The van der Waals surface area contributed by atoms with Gasteiger partial charge in [0.25, 0.3) is 0 Å². The summed E-state index contributed by atoms with van der Waals surface area (Å²) in [7, 11) is -1.62. The van der Waals surface area contributed by atoms with Crippen molar-refractivity contribution in [1.29, 1.82) is 0 Å². The van der Waals surface area contributed by atoms with Crippen molar-refractivity contribution in [2.45, 2.75) is 77.4 Å². The van der Waals surface area contributed by atoms with E-state index in [0.717, 1.165) is 0 Å². The second kappa shape index (κ2) is 5.94. The van der Waals surface area contributed by atoms with Crippen molar-refractivity contribution in [2.24, 2.45) is 0 Å². The van der Waals surface area contributed by atoms with Crippen LogP contribution >= 0.6 is 11.8 Å². The summed E-state index contributed by atoms with van der Waals surface area (Å²) in [6.45, 7) is 20.2. The Morgan fingerprint density at radius 3 is 1.88 bits per heavy atom. The Hall–Kier alpha value is 0.267. The van der Waals surface area contributed by atoms with Crippen molar-refractivity contribution in [3.63, 3.8) is 0 Å². The Bertz CT molecular complexity index is 258. The molecule has 0 aromatic heterocycles. The van der Waals surface area contributed by atoms with Crippen LogP contribution in [0.3, 0.4) is 0 Å². The molecule has 17 heavy (non-hydrogen) atoms. The summed E-state index contributed by atoms with van der Waals surface area (Å²) in [4.78, 5) is 0. The van der Waals surface area contributed by atoms with Gasteiger partial charge in [0.2, 0.25) is 0 Å². The monoisotopic (exact) mass is 274 g/mol. The molecular formula is C14H30OSSi. The van der Waals surface area contributed by atoms with Gasteiger partial charge >= 0.3 is 0 Å². The largest absolute Gasteiger partial charge is 0.411 e. The molecule has 102 valence electrons. The average molecular weight is 275 g/mol. The van der Waals surface area contributed by atoms with Crippen molar-refractivity contribution in [3.8, 4) is 0 Å². The van der Waals surface area contributed by atoms with E-state index in [-0.39, 0.29) is 15.9 Å². The first-order chi connectivity index (χ1) is 7.35. The molecule has 1 unspecified atom stereocenters. The van der Waals surface area contributed by atoms with Crippen molar-refractivity contribution in [1.82, 2.24) is 0 Å². The summed E-state index contributed by atoms with van der Waals surface area (Å²) in [6.07, 6.45) is 2.39. The summed E-state index contributed by atoms with van der Waals surface area (Å²) < 4.78 is 6.54. The predicted molar refractivity (Wildman–Crippen MR) is 84.2 cm³/mol. The number of thioether (sulfide) groups is 1. The van der Waals surface area contributed by atoms with E-state index in [0.29, 0.717) is 0 Å². The molecule has 0 rings (SSSR count). The molecule has 0 amide bonds. The van der Waals surface area contributed by atoms with Crippen LogP contribution in [0.4, 0.5) is 0 Å². The molecule has 0 spiro atoms. The molecule has 0 fully saturated rings. The van der Waals surface area contributed by atoms with Gasteiger partial charge in [-0.25, -0.2) is 0 Å². The fourth-order valence-electron chi connectivity index (χ4n) is 1.03. The van der Waals surface area contributed by atoms with Crippen LogP contribution in [0.2, 0.25) is 18.1 Å². The van der Waals surface area contributed by atoms with Crippen molar-refractivity contribution in [2.75, 3.05) is 0 Å². The number of hydrogen-bond acceptors (Lipinski definition) is 2. The van der Waals surface area contributed by atoms with Crippen LogP contribution in [-0.2, 0) is 4.43 Å². The van der Waals surface area contributed by atoms with Gasteiger partial charge in [0.1, 0.15) is 0 Å². The Kier molecular flexibility index (Phi) is 6.03. The second-order valence-corrected chi connectivity index (χ2v) is 13.6. The highest BCUT2D eigenvalue weighted by Crippen LogP contribution is 2.37. The average Bonchev–Trinajstić information content (AvgIpc) is 1.97. The van der Waals surface area contributed by atoms with Crippen LogP contribution in [0.15, 0.2) is 11.5 Å². The first kappa shape index (κ1) is 17.3. The van der Waals surface area contributed by atoms with Crippen LogP contribution in [0, 0.1) is 0 Å². The Balaban J connectivity index is 4.33. The molecule has 0 aromatic rings. The lowest BCUT2D eigenvalue weighted by Gasteiger charge is -2.37. The molecule has 0 aliphatic rings. The third kappa shape index (κ3) is 7.32. The molecule has 0 radical (unpaired) electrons. The maximum atomic E-state index is 6.26. The van der Waals surface area contributed by atoms with Gasteiger partial charge in [0.05, 0.1) is 6.10 Å². The molecule has 0 aliphatic heterocycles. The summed E-state index contributed by atoms with van der Waals surface area (Å²) in [5, 5.41) is 2.46. The van der Waals surface area contributed by atoms with Crippen LogP contribution in [0.1, 0.15) is 48.5 Å². The topological polar surface area (TPSA) is 9.23 Å². The summed E-state index contributed by atoms with van der Waals surface area (Å²) in [6, 6.07) is 0. The fraction of sp³-hybridized carbons (Fsp3) is 0.857. The Morgan fingerprint density at radius 1 is 1.06 bits per heavy atom. The molecule has 0 heterocycles. The van der Waals surface area contributed by atoms with Gasteiger partial charge in [-0.05, 0) is 30.5 Å². The first-order valence-corrected chi connectivity index (χ1v) is 10.2. The van der Waals surface area contributed by atoms with E-state index in [4.69, 9.17) is 4.43 Å². The van der Waals surface area contributed by atoms with Gasteiger partial charge in [0.15, 0.2) is 8.32 Å². The van der Waals surface area contributed by atoms with Crippen LogP contribution in [0.5, 0.6) is 0 Å². The maximum absolute atomic E-state index is 6.26. The van der Waals surface area contributed by atoms with Crippen molar-refractivity contribution >= 4 is 20.1 Å². The highest BCUT2D eigenvalue weighted by atomic mass is 32.2. The lowest BCUT2D eigenvalue weighted by molar-refractivity contribution is 0.243. The third-order valence-electron chi connectivity index (χ3n) is 3.06. The smallest absolute Gasteiger partial charge is 0.192 e. The van der Waals surface area contributed by atoms with Crippen LogP contribution < -0.4 is 0 Å². The molecule has 0 bridgehead atoms. The van der Waals surface area contributed by atoms with Crippen LogP contribution in [-0.4, -0.2) is 19.2 Å². The first-order valence-electron chi connectivity index (χ1n) is 6.37. The van der Waals surface area contributed by atoms with E-state index in [1.807, 2.05) is 11.8 Å². The van der Waals surface area contributed by atoms with Crippen molar-refractivity contribution < 1.29 is 4.43 Å². The molecule has 1 nitrogen and oxygen atoms in total. The zero-order chi connectivity index (χ0) is 13.9. The normalized spacial score (nSPS) is 16.5. The molecule has 3 heteroatoms. The molecule has 0 saturated heterocycles. The summed E-state index contributed by atoms with van der Waals surface area (Å²) in [5.74, 6) is 0. The SMILES string of the molecule is CC(/C=C/SC(C)(C)C)O[Si](C)(C)C(C)(C)C. The molecular weight excluding hydrogens is 244 g/mol. The zero-order valence-electron chi connectivity index (χ0n) is 13.0. The van der Waals surface area contributed by atoms with Gasteiger partial charge in [-0.1, -0.05) is 47.6 Å². The van der Waals surface area contributed by atoms with E-state index in [9.17, 15) is 0 Å². The van der Waals surface area contributed by atoms with E-state index in [2.05, 4.69) is 73.0 Å². The Morgan fingerprint density at radius 2 is 1.53 bits per heavy atom. The number of hydrogen-bond donors (Lipinski definition) is 0. The lowest BCUT2D eigenvalue weighted by Crippen LogP contribution is -2.42. The second-order valence-electron chi connectivity index (χ2n) is 7.14. The molecule has 0 saturated carbocycles. The zero-order valence-corrected chi connectivity index (χ0v) is 14.9. The van der Waals surface area contributed by atoms with Gasteiger partial charge in [-0.2, -0.15) is 0 Å². The molecule has 1 atom stereocenters. The quantitative estimate of drug-likeness (QED) is 0.631. The highest BCUT2D eigenvalue weighted by molar-refractivity contribution is 8.03. The fourth-order valence-corrected chi connectivity index (χ4v) is 3.10. The molecule has 0 aliphatic carbocycles. The third-order valence-corrected chi connectivity index (χ3v) is 8.63. The minimum atomic E-state index is -1.62. The van der Waals surface area contributed by atoms with Crippen molar-refractivity contribution in [3.05, 3.63) is 11.5 Å². The van der Waals surface area contributed by atoms with E-state index in [1.54, 1.807) is 0 Å². The number of rotatable bonds is 4. The summed E-state index contributed by atoms with van der Waals surface area (Å²) >= 11 is 1.85. The minimum absolute atomic E-state index is 0.214. The molecule has 0 aromatic carbocycles. The van der Waals surface area contributed by atoms with Gasteiger partial charge in [0, 0.05) is 4.75 Å². The minimum Gasteiger partial charge on any atom is -0.411 e. The van der Waals surface area contributed by atoms with Gasteiger partial charge in [-0.3, -0.25) is 0 Å². The van der Waals surface area contributed by atoms with E-state index < -0.39 is 8.32 Å². The predicted octanol–water partition coefficient (Wildman–Crippen LogP) is 5.44. The van der Waals surface area contributed by atoms with Gasteiger partial charge < -0.3 is 4.43 Å².